The van der Waals surface area contributed by atoms with E-state index >= 15 is 0 Å². The molecule has 0 aromatic heterocycles. The molecule has 3 aromatic carbocycles. The van der Waals surface area contributed by atoms with Crippen LogP contribution in [0.3, 0.4) is 0 Å². The molecule has 0 atom stereocenters. The lowest BCUT2D eigenvalue weighted by Crippen LogP contribution is -2.12. The first-order valence-corrected chi connectivity index (χ1v) is 6.93. The van der Waals surface area contributed by atoms with Gasteiger partial charge in [-0.25, -0.2) is 0 Å². The molecule has 1 amide bonds. The fraction of sp³-hybridized carbons (Fsp3) is 0. The molecule has 3 N–H and O–H groups in total. The van der Waals surface area contributed by atoms with Crippen LogP contribution < -0.4 is 5.73 Å². The van der Waals surface area contributed by atoms with Gasteiger partial charge < -0.3 is 10.8 Å². The van der Waals surface area contributed by atoms with Gasteiger partial charge in [-0.1, -0.05) is 48.5 Å². The summed E-state index contributed by atoms with van der Waals surface area (Å²) in [4.78, 5) is 11.7. The molecule has 0 unspecified atom stereocenters. The van der Waals surface area contributed by atoms with E-state index in [-0.39, 0.29) is 5.75 Å². The van der Waals surface area contributed by atoms with Crippen molar-refractivity contribution in [3.8, 4) is 5.75 Å². The van der Waals surface area contributed by atoms with Gasteiger partial charge in [0.15, 0.2) is 0 Å². The Hall–Kier alpha value is -3.07. The van der Waals surface area contributed by atoms with Crippen molar-refractivity contribution in [3.63, 3.8) is 0 Å². The van der Waals surface area contributed by atoms with Gasteiger partial charge in [0.1, 0.15) is 5.75 Å². The molecule has 108 valence electrons. The summed E-state index contributed by atoms with van der Waals surface area (Å²) >= 11 is 0. The smallest absolute Gasteiger partial charge is 0.249 e. The number of hydrogen-bond donors (Lipinski definition) is 2. The Bertz CT molecular complexity index is 864. The van der Waals surface area contributed by atoms with Crippen LogP contribution >= 0.6 is 0 Å². The number of benzene rings is 3. The van der Waals surface area contributed by atoms with Gasteiger partial charge in [-0.2, -0.15) is 0 Å². The lowest BCUT2D eigenvalue weighted by molar-refractivity contribution is -0.112. The zero-order chi connectivity index (χ0) is 15.5. The highest BCUT2D eigenvalue weighted by Crippen LogP contribution is 2.23. The van der Waals surface area contributed by atoms with E-state index in [9.17, 15) is 9.90 Å². The zero-order valence-electron chi connectivity index (χ0n) is 11.9. The fourth-order valence-corrected chi connectivity index (χ4v) is 2.40. The molecule has 22 heavy (non-hydrogen) atoms. The third-order valence-electron chi connectivity index (χ3n) is 3.53. The Morgan fingerprint density at radius 2 is 1.59 bits per heavy atom. The van der Waals surface area contributed by atoms with Gasteiger partial charge in [0, 0.05) is 5.57 Å². The summed E-state index contributed by atoms with van der Waals surface area (Å²) in [5.74, 6) is -0.350. The third kappa shape index (κ3) is 2.83. The van der Waals surface area contributed by atoms with Crippen molar-refractivity contribution in [2.75, 3.05) is 0 Å². The number of phenolic OH excluding ortho intramolecular Hbond substituents is 1. The maximum absolute atomic E-state index is 11.7. The number of nitrogens with two attached hydrogens (primary N) is 1. The molecule has 0 aliphatic rings. The lowest BCUT2D eigenvalue weighted by atomic mass is 10.0. The number of carbonyl (C=O) groups excluding carboxylic acids is 1. The molecular formula is C19H15NO2. The van der Waals surface area contributed by atoms with Crippen molar-refractivity contribution in [2.24, 2.45) is 5.73 Å². The first-order chi connectivity index (χ1) is 10.6. The van der Waals surface area contributed by atoms with Crippen molar-refractivity contribution in [1.82, 2.24) is 0 Å². The summed E-state index contributed by atoms with van der Waals surface area (Å²) in [5, 5.41) is 11.6. The minimum absolute atomic E-state index is 0.151. The summed E-state index contributed by atoms with van der Waals surface area (Å²) < 4.78 is 0. The molecule has 3 rings (SSSR count). The molecule has 0 aliphatic carbocycles. The Kier molecular flexibility index (Phi) is 3.62. The van der Waals surface area contributed by atoms with Crippen LogP contribution in [-0.2, 0) is 4.79 Å². The minimum atomic E-state index is -0.501. The number of carbonyl (C=O) groups is 1. The van der Waals surface area contributed by atoms with E-state index in [1.807, 2.05) is 42.5 Å². The number of hydrogen-bond acceptors (Lipinski definition) is 2. The molecule has 3 aromatic rings. The van der Waals surface area contributed by atoms with Gasteiger partial charge in [0.2, 0.25) is 5.91 Å². The van der Waals surface area contributed by atoms with Gasteiger partial charge >= 0.3 is 0 Å². The zero-order valence-corrected chi connectivity index (χ0v) is 11.9. The number of phenols is 1. The highest BCUT2D eigenvalue weighted by atomic mass is 16.3. The van der Waals surface area contributed by atoms with E-state index < -0.39 is 5.91 Å². The SMILES string of the molecule is NC(=O)/C(=C\c1ccc2ccccc2c1)c1ccc(O)cc1. The Balaban J connectivity index is 2.08. The monoisotopic (exact) mass is 289 g/mol. The number of fused-ring (bicyclic) bond motifs is 1. The van der Waals surface area contributed by atoms with Crippen molar-refractivity contribution < 1.29 is 9.90 Å². The quantitative estimate of drug-likeness (QED) is 0.572. The van der Waals surface area contributed by atoms with E-state index in [1.165, 1.54) is 12.1 Å². The topological polar surface area (TPSA) is 63.3 Å². The molecule has 0 saturated carbocycles. The standard InChI is InChI=1S/C19H15NO2/c20-19(22)18(15-7-9-17(21)10-8-15)12-13-5-6-14-3-1-2-4-16(14)11-13/h1-12,21H,(H2,20,22)/b18-12-. The summed E-state index contributed by atoms with van der Waals surface area (Å²) in [6.07, 6.45) is 1.77. The Labute approximate surface area is 128 Å². The average molecular weight is 289 g/mol. The van der Waals surface area contributed by atoms with Crippen molar-refractivity contribution in [3.05, 3.63) is 77.9 Å². The van der Waals surface area contributed by atoms with Gasteiger partial charge in [-0.3, -0.25) is 4.79 Å². The van der Waals surface area contributed by atoms with Gasteiger partial charge in [-0.05, 0) is 46.2 Å². The molecule has 3 heteroatoms. The van der Waals surface area contributed by atoms with Crippen LogP contribution in [0, 0.1) is 0 Å². The maximum Gasteiger partial charge on any atom is 0.249 e. The molecule has 0 spiro atoms. The van der Waals surface area contributed by atoms with Gasteiger partial charge in [-0.15, -0.1) is 0 Å². The first-order valence-electron chi connectivity index (χ1n) is 6.93. The summed E-state index contributed by atoms with van der Waals surface area (Å²) in [7, 11) is 0. The average Bonchev–Trinajstić information content (AvgIpc) is 2.53. The van der Waals surface area contributed by atoms with E-state index in [0.717, 1.165) is 16.3 Å². The second kappa shape index (κ2) is 5.74. The van der Waals surface area contributed by atoms with E-state index in [0.29, 0.717) is 11.1 Å². The van der Waals surface area contributed by atoms with Gasteiger partial charge in [0.05, 0.1) is 0 Å². The molecule has 0 heterocycles. The van der Waals surface area contributed by atoms with Crippen molar-refractivity contribution in [1.29, 1.82) is 0 Å². The third-order valence-corrected chi connectivity index (χ3v) is 3.53. The predicted molar refractivity (Wildman–Crippen MR) is 89.1 cm³/mol. The summed E-state index contributed by atoms with van der Waals surface area (Å²) in [5.41, 5.74) is 7.49. The summed E-state index contributed by atoms with van der Waals surface area (Å²) in [6.45, 7) is 0. The molecule has 0 saturated heterocycles. The van der Waals surface area contributed by atoms with Gasteiger partial charge in [0.25, 0.3) is 0 Å². The largest absolute Gasteiger partial charge is 0.508 e. The van der Waals surface area contributed by atoms with Crippen molar-refractivity contribution >= 4 is 28.3 Å². The number of aromatic hydroxyl groups is 1. The highest BCUT2D eigenvalue weighted by Gasteiger charge is 2.08. The molecular weight excluding hydrogens is 274 g/mol. The fourth-order valence-electron chi connectivity index (χ4n) is 2.40. The molecule has 0 aliphatic heterocycles. The van der Waals surface area contributed by atoms with E-state index in [4.69, 9.17) is 5.73 Å². The molecule has 0 bridgehead atoms. The number of primary amides is 1. The van der Waals surface area contributed by atoms with Crippen LogP contribution in [0.5, 0.6) is 5.75 Å². The Morgan fingerprint density at radius 3 is 2.27 bits per heavy atom. The predicted octanol–water partition coefficient (Wildman–Crippen LogP) is 3.57. The van der Waals surface area contributed by atoms with Crippen LogP contribution in [-0.4, -0.2) is 11.0 Å². The second-order valence-electron chi connectivity index (χ2n) is 5.08. The van der Waals surface area contributed by atoms with Crippen LogP contribution in [0.4, 0.5) is 0 Å². The molecule has 0 fully saturated rings. The highest BCUT2D eigenvalue weighted by molar-refractivity contribution is 6.23. The van der Waals surface area contributed by atoms with E-state index in [1.54, 1.807) is 18.2 Å². The minimum Gasteiger partial charge on any atom is -0.508 e. The normalized spacial score (nSPS) is 11.5. The van der Waals surface area contributed by atoms with Crippen LogP contribution in [0.2, 0.25) is 0 Å². The summed E-state index contributed by atoms with van der Waals surface area (Å²) in [6, 6.07) is 20.4. The second-order valence-corrected chi connectivity index (χ2v) is 5.08. The van der Waals surface area contributed by atoms with Crippen molar-refractivity contribution in [2.45, 2.75) is 0 Å². The molecule has 0 radical (unpaired) electrons. The lowest BCUT2D eigenvalue weighted by Gasteiger charge is -2.05. The first kappa shape index (κ1) is 13.9. The molecule has 3 nitrogen and oxygen atoms in total. The maximum atomic E-state index is 11.7. The van der Waals surface area contributed by atoms with Crippen LogP contribution in [0.1, 0.15) is 11.1 Å². The van der Waals surface area contributed by atoms with E-state index in [2.05, 4.69) is 0 Å². The van der Waals surface area contributed by atoms with Crippen LogP contribution in [0.25, 0.3) is 22.4 Å². The number of amides is 1. The Morgan fingerprint density at radius 1 is 0.909 bits per heavy atom. The number of rotatable bonds is 3. The van der Waals surface area contributed by atoms with Crippen LogP contribution in [0.15, 0.2) is 66.7 Å².